The van der Waals surface area contributed by atoms with E-state index in [9.17, 15) is 19.1 Å². The topological polar surface area (TPSA) is 60.9 Å². The Kier molecular flexibility index (Phi) is 4.01. The number of rotatable bonds is 2. The van der Waals surface area contributed by atoms with Crippen LogP contribution in [0.3, 0.4) is 0 Å². The molecule has 1 aliphatic carbocycles. The summed E-state index contributed by atoms with van der Waals surface area (Å²) in [6.45, 7) is 0.918. The number of amides is 2. The maximum absolute atomic E-state index is 13.1. The number of aliphatic hydroxyl groups is 1. The molecule has 5 nitrogen and oxygen atoms in total. The van der Waals surface area contributed by atoms with Gasteiger partial charge in [-0.15, -0.1) is 0 Å². The molecule has 2 amide bonds. The van der Waals surface area contributed by atoms with Crippen LogP contribution in [-0.4, -0.2) is 45.9 Å². The van der Waals surface area contributed by atoms with Gasteiger partial charge in [0, 0.05) is 26.1 Å². The van der Waals surface area contributed by atoms with Crippen molar-refractivity contribution in [2.75, 3.05) is 13.6 Å². The van der Waals surface area contributed by atoms with Gasteiger partial charge in [0.2, 0.25) is 0 Å². The molecule has 6 heteroatoms. The average Bonchev–Trinajstić information content (AvgIpc) is 3.12. The van der Waals surface area contributed by atoms with Gasteiger partial charge in [-0.2, -0.15) is 0 Å². The number of fused-ring (bicyclic) bond motifs is 2. The van der Waals surface area contributed by atoms with E-state index in [4.69, 9.17) is 0 Å². The van der Waals surface area contributed by atoms with Crippen molar-refractivity contribution in [1.29, 1.82) is 0 Å². The molecule has 1 atom stereocenters. The van der Waals surface area contributed by atoms with E-state index in [0.29, 0.717) is 13.1 Å². The summed E-state index contributed by atoms with van der Waals surface area (Å²) < 4.78 is 13.1. The second-order valence-electron chi connectivity index (χ2n) is 7.63. The first-order chi connectivity index (χ1) is 12.4. The summed E-state index contributed by atoms with van der Waals surface area (Å²) in [6.07, 6.45) is 4.55. The number of hydrogen-bond acceptors (Lipinski definition) is 3. The molecule has 0 radical (unpaired) electrons. The Morgan fingerprint density at radius 1 is 1.15 bits per heavy atom. The average molecular weight is 358 g/mol. The van der Waals surface area contributed by atoms with E-state index in [0.717, 1.165) is 37.7 Å². The van der Waals surface area contributed by atoms with Crippen LogP contribution in [0.1, 0.15) is 37.7 Å². The Balaban J connectivity index is 1.66. The van der Waals surface area contributed by atoms with Crippen LogP contribution < -0.4 is 0 Å². The maximum atomic E-state index is 13.1. The molecule has 2 heterocycles. The van der Waals surface area contributed by atoms with Gasteiger partial charge in [-0.1, -0.05) is 25.0 Å². The Labute approximate surface area is 152 Å². The Morgan fingerprint density at radius 3 is 2.46 bits per heavy atom. The summed E-state index contributed by atoms with van der Waals surface area (Å²) >= 11 is 0. The van der Waals surface area contributed by atoms with Crippen LogP contribution in [0.25, 0.3) is 0 Å². The van der Waals surface area contributed by atoms with E-state index in [-0.39, 0.29) is 28.8 Å². The molecule has 1 aromatic carbocycles. The predicted molar refractivity (Wildman–Crippen MR) is 93.5 cm³/mol. The highest BCUT2D eigenvalue weighted by atomic mass is 19.1. The number of nitrogens with zero attached hydrogens (tertiary/aromatic N) is 2. The lowest BCUT2D eigenvalue weighted by atomic mass is 9.69. The number of aliphatic hydroxyl groups excluding tert-OH is 1. The summed E-state index contributed by atoms with van der Waals surface area (Å²) in [5.41, 5.74) is 0.771. The fourth-order valence-corrected chi connectivity index (χ4v) is 5.00. The van der Waals surface area contributed by atoms with E-state index in [1.807, 2.05) is 0 Å². The second-order valence-corrected chi connectivity index (χ2v) is 7.63. The number of benzene rings is 1. The fraction of sp³-hybridized carbons (Fsp3) is 0.500. The van der Waals surface area contributed by atoms with Gasteiger partial charge in [0.05, 0.1) is 11.1 Å². The van der Waals surface area contributed by atoms with Crippen molar-refractivity contribution in [3.05, 3.63) is 47.0 Å². The van der Waals surface area contributed by atoms with Crippen LogP contribution in [0.15, 0.2) is 35.6 Å². The number of carbonyl (C=O) groups excluding carboxylic acids is 2. The molecule has 1 spiro atoms. The van der Waals surface area contributed by atoms with Crippen LogP contribution in [0, 0.1) is 11.7 Å². The van der Waals surface area contributed by atoms with Gasteiger partial charge >= 0.3 is 0 Å². The first kappa shape index (κ1) is 17.1. The molecule has 138 valence electrons. The Morgan fingerprint density at radius 2 is 1.81 bits per heavy atom. The van der Waals surface area contributed by atoms with E-state index in [1.165, 1.54) is 12.1 Å². The van der Waals surface area contributed by atoms with Crippen molar-refractivity contribution >= 4 is 11.8 Å². The standard InChI is InChI=1S/C20H23FN2O3/c1-22-19(26)17(24)16-15(20(22)9-2-3-10-20)8-11-23(18(16)25)12-13-4-6-14(21)7-5-13/h4-7,15,24H,2-3,8-12H2,1H3. The van der Waals surface area contributed by atoms with Crippen LogP contribution in [0.2, 0.25) is 0 Å². The first-order valence-electron chi connectivity index (χ1n) is 9.19. The van der Waals surface area contributed by atoms with Crippen molar-refractivity contribution in [1.82, 2.24) is 9.80 Å². The number of likely N-dealkylation sites (tertiary alicyclic amines) is 1. The molecule has 1 aromatic rings. The zero-order valence-electron chi connectivity index (χ0n) is 14.9. The first-order valence-corrected chi connectivity index (χ1v) is 9.19. The van der Waals surface area contributed by atoms with Gasteiger partial charge < -0.3 is 14.9 Å². The van der Waals surface area contributed by atoms with E-state index >= 15 is 0 Å². The third-order valence-corrected chi connectivity index (χ3v) is 6.39. The van der Waals surface area contributed by atoms with Crippen molar-refractivity contribution in [2.24, 2.45) is 5.92 Å². The highest BCUT2D eigenvalue weighted by molar-refractivity contribution is 6.05. The molecule has 4 rings (SSSR count). The monoisotopic (exact) mass is 358 g/mol. The van der Waals surface area contributed by atoms with Crippen molar-refractivity contribution in [3.63, 3.8) is 0 Å². The van der Waals surface area contributed by atoms with E-state index in [1.54, 1.807) is 29.0 Å². The van der Waals surface area contributed by atoms with Crippen LogP contribution in [-0.2, 0) is 16.1 Å². The molecule has 1 N–H and O–H groups in total. The van der Waals surface area contributed by atoms with Crippen molar-refractivity contribution in [2.45, 2.75) is 44.2 Å². The van der Waals surface area contributed by atoms with E-state index in [2.05, 4.69) is 0 Å². The highest BCUT2D eigenvalue weighted by Crippen LogP contribution is 2.50. The third kappa shape index (κ3) is 2.42. The lowest BCUT2D eigenvalue weighted by Gasteiger charge is -2.51. The second kappa shape index (κ2) is 6.11. The number of hydrogen-bond donors (Lipinski definition) is 1. The van der Waals surface area contributed by atoms with Crippen LogP contribution in [0.5, 0.6) is 0 Å². The fourth-order valence-electron chi connectivity index (χ4n) is 5.00. The number of likely N-dealkylation sites (N-methyl/N-ethyl adjacent to an activating group) is 1. The largest absolute Gasteiger partial charge is 0.503 e. The minimum absolute atomic E-state index is 0.107. The highest BCUT2D eigenvalue weighted by Gasteiger charge is 2.56. The molecular weight excluding hydrogens is 335 g/mol. The molecule has 2 fully saturated rings. The van der Waals surface area contributed by atoms with Gasteiger partial charge in [0.15, 0.2) is 5.76 Å². The lowest BCUT2D eigenvalue weighted by molar-refractivity contribution is -0.145. The summed E-state index contributed by atoms with van der Waals surface area (Å²) in [4.78, 5) is 29.0. The van der Waals surface area contributed by atoms with Crippen LogP contribution in [0.4, 0.5) is 4.39 Å². The van der Waals surface area contributed by atoms with Gasteiger partial charge in [-0.25, -0.2) is 4.39 Å². The molecule has 3 aliphatic rings. The van der Waals surface area contributed by atoms with Gasteiger partial charge in [-0.05, 0) is 37.0 Å². The molecule has 0 bridgehead atoms. The molecule has 1 unspecified atom stereocenters. The third-order valence-electron chi connectivity index (χ3n) is 6.39. The quantitative estimate of drug-likeness (QED) is 0.884. The SMILES string of the molecule is CN1C(=O)C(O)=C2C(=O)N(Cc3ccc(F)cc3)CCC2C12CCCC2. The maximum Gasteiger partial charge on any atom is 0.289 e. The number of halogens is 1. The summed E-state index contributed by atoms with van der Waals surface area (Å²) in [6, 6.07) is 6.05. The predicted octanol–water partition coefficient (Wildman–Crippen LogP) is 2.77. The molecular formula is C20H23FN2O3. The smallest absolute Gasteiger partial charge is 0.289 e. The normalized spacial score (nSPS) is 25.2. The zero-order valence-corrected chi connectivity index (χ0v) is 14.9. The summed E-state index contributed by atoms with van der Waals surface area (Å²) in [5.74, 6) is -1.54. The zero-order chi connectivity index (χ0) is 18.5. The Bertz CT molecular complexity index is 781. The summed E-state index contributed by atoms with van der Waals surface area (Å²) in [5, 5.41) is 10.5. The lowest BCUT2D eigenvalue weighted by Crippen LogP contribution is -2.61. The Hall–Kier alpha value is -2.37. The van der Waals surface area contributed by atoms with E-state index < -0.39 is 11.7 Å². The summed E-state index contributed by atoms with van der Waals surface area (Å²) in [7, 11) is 1.75. The minimum Gasteiger partial charge on any atom is -0.503 e. The van der Waals surface area contributed by atoms with Gasteiger partial charge in [0.1, 0.15) is 5.82 Å². The van der Waals surface area contributed by atoms with Gasteiger partial charge in [0.25, 0.3) is 11.8 Å². The van der Waals surface area contributed by atoms with Crippen molar-refractivity contribution < 1.29 is 19.1 Å². The molecule has 26 heavy (non-hydrogen) atoms. The molecule has 2 aliphatic heterocycles. The minimum atomic E-state index is -0.449. The van der Waals surface area contributed by atoms with Crippen LogP contribution >= 0.6 is 0 Å². The van der Waals surface area contributed by atoms with Gasteiger partial charge in [-0.3, -0.25) is 9.59 Å². The molecule has 1 saturated carbocycles. The van der Waals surface area contributed by atoms with Crippen molar-refractivity contribution in [3.8, 4) is 0 Å². The molecule has 1 saturated heterocycles. The number of piperidine rings is 1. The molecule has 0 aromatic heterocycles. The number of carbonyl (C=O) groups is 2.